The molecule has 0 aliphatic carbocycles. The molecule has 4 atom stereocenters. The molecule has 7 nitrogen and oxygen atoms in total. The van der Waals surface area contributed by atoms with Gasteiger partial charge in [0.2, 0.25) is 11.7 Å². The Kier molecular flexibility index (Phi) is 5.26. The standard InChI is InChI=1S/C16H15Cl2NO6P/c1-7(20)14-11-6-13(15(8(2)21)19(11)16(14)22)25-26(23)24-12-4-3-9(17)5-10(12)18/h3-5,7,11,14,20H,6H2,1-2H3/q+1/t7-,11?,14-/m1/s1. The molecule has 138 valence electrons. The lowest BCUT2D eigenvalue weighted by molar-refractivity contribution is -0.158. The van der Waals surface area contributed by atoms with Gasteiger partial charge in [0.1, 0.15) is 5.70 Å². The van der Waals surface area contributed by atoms with Crippen LogP contribution in [0, 0.1) is 5.92 Å². The molecule has 0 aromatic heterocycles. The van der Waals surface area contributed by atoms with Crippen LogP contribution < -0.4 is 4.52 Å². The highest BCUT2D eigenvalue weighted by Crippen LogP contribution is 2.47. The average molecular weight is 419 g/mol. The summed E-state index contributed by atoms with van der Waals surface area (Å²) in [6, 6.07) is 3.99. The van der Waals surface area contributed by atoms with Crippen LogP contribution in [0.25, 0.3) is 0 Å². The summed E-state index contributed by atoms with van der Waals surface area (Å²) in [6.45, 7) is 2.80. The summed E-state index contributed by atoms with van der Waals surface area (Å²) < 4.78 is 22.7. The maximum atomic E-state index is 12.2. The van der Waals surface area contributed by atoms with E-state index in [1.54, 1.807) is 0 Å². The molecule has 1 saturated heterocycles. The number of carbonyl (C=O) groups excluding carboxylic acids is 2. The van der Waals surface area contributed by atoms with Crippen LogP contribution >= 0.6 is 31.5 Å². The number of Topliss-reactive ketones (excluding diaryl/α,β-unsaturated/α-hetero) is 1. The first kappa shape index (κ1) is 19.1. The van der Waals surface area contributed by atoms with E-state index in [1.807, 2.05) is 0 Å². The van der Waals surface area contributed by atoms with E-state index in [4.69, 9.17) is 32.2 Å². The van der Waals surface area contributed by atoms with Gasteiger partial charge in [-0.05, 0) is 25.1 Å². The third-order valence-electron chi connectivity index (χ3n) is 4.27. The van der Waals surface area contributed by atoms with Gasteiger partial charge < -0.3 is 10.0 Å². The van der Waals surface area contributed by atoms with Crippen LogP contribution in [0.1, 0.15) is 20.3 Å². The molecule has 0 bridgehead atoms. The number of aliphatic hydroxyl groups is 1. The summed E-state index contributed by atoms with van der Waals surface area (Å²) in [5.41, 5.74) is 0.0473. The van der Waals surface area contributed by atoms with Crippen LogP contribution in [-0.2, 0) is 18.7 Å². The van der Waals surface area contributed by atoms with Gasteiger partial charge in [-0.25, -0.2) is 9.05 Å². The Bertz CT molecular complexity index is 840. The van der Waals surface area contributed by atoms with Gasteiger partial charge in [0.05, 0.1) is 23.1 Å². The lowest BCUT2D eigenvalue weighted by atomic mass is 9.83. The molecular formula is C16H15Cl2NO6P+. The highest BCUT2D eigenvalue weighted by molar-refractivity contribution is 7.34. The average Bonchev–Trinajstić information content (AvgIpc) is 2.84. The normalized spacial score (nSPS) is 23.3. The highest BCUT2D eigenvalue weighted by Gasteiger charge is 2.58. The number of ketones is 1. The zero-order valence-corrected chi connectivity index (χ0v) is 16.2. The zero-order chi connectivity index (χ0) is 19.2. The second-order valence-corrected chi connectivity index (χ2v) is 7.71. The smallest absolute Gasteiger partial charge is 0.393 e. The Morgan fingerprint density at radius 2 is 2.08 bits per heavy atom. The molecule has 2 aliphatic heterocycles. The summed E-state index contributed by atoms with van der Waals surface area (Å²) in [4.78, 5) is 25.4. The van der Waals surface area contributed by atoms with E-state index in [0.29, 0.717) is 5.02 Å². The summed E-state index contributed by atoms with van der Waals surface area (Å²) in [5, 5.41) is 10.3. The van der Waals surface area contributed by atoms with Crippen LogP contribution in [0.5, 0.6) is 5.75 Å². The summed E-state index contributed by atoms with van der Waals surface area (Å²) in [7, 11) is -2.69. The van der Waals surface area contributed by atoms with E-state index in [-0.39, 0.29) is 40.6 Å². The molecule has 1 fully saturated rings. The topological polar surface area (TPSA) is 93.1 Å². The number of hydrogen-bond donors (Lipinski definition) is 1. The van der Waals surface area contributed by atoms with Crippen LogP contribution in [-0.4, -0.2) is 33.8 Å². The van der Waals surface area contributed by atoms with Crippen LogP contribution in [0.2, 0.25) is 10.0 Å². The van der Waals surface area contributed by atoms with Gasteiger partial charge in [0.25, 0.3) is 0 Å². The van der Waals surface area contributed by atoms with E-state index >= 15 is 0 Å². The largest absolute Gasteiger partial charge is 0.805 e. The molecule has 26 heavy (non-hydrogen) atoms. The number of rotatable bonds is 6. The lowest BCUT2D eigenvalue weighted by Crippen LogP contribution is -2.61. The summed E-state index contributed by atoms with van der Waals surface area (Å²) >= 11 is 11.7. The van der Waals surface area contributed by atoms with Crippen LogP contribution in [0.3, 0.4) is 0 Å². The van der Waals surface area contributed by atoms with E-state index in [1.165, 1.54) is 36.9 Å². The molecule has 0 radical (unpaired) electrons. The number of hydrogen-bond acceptors (Lipinski definition) is 6. The van der Waals surface area contributed by atoms with Crippen molar-refractivity contribution in [3.05, 3.63) is 39.7 Å². The van der Waals surface area contributed by atoms with Crippen LogP contribution in [0.15, 0.2) is 29.7 Å². The predicted octanol–water partition coefficient (Wildman–Crippen LogP) is 3.46. The van der Waals surface area contributed by atoms with Crippen molar-refractivity contribution in [1.29, 1.82) is 0 Å². The molecule has 1 amide bonds. The molecule has 10 heteroatoms. The summed E-state index contributed by atoms with van der Waals surface area (Å²) in [6.07, 6.45) is -0.677. The van der Waals surface area contributed by atoms with Gasteiger partial charge in [0, 0.05) is 22.9 Å². The number of benzene rings is 1. The monoisotopic (exact) mass is 418 g/mol. The number of fused-ring (bicyclic) bond motifs is 1. The Balaban J connectivity index is 1.77. The van der Waals surface area contributed by atoms with Crippen molar-refractivity contribution in [2.45, 2.75) is 32.4 Å². The quantitative estimate of drug-likeness (QED) is 0.561. The number of carbonyl (C=O) groups is 2. The Morgan fingerprint density at radius 3 is 2.65 bits per heavy atom. The van der Waals surface area contributed by atoms with Crippen molar-refractivity contribution < 1.29 is 28.3 Å². The van der Waals surface area contributed by atoms with Gasteiger partial charge in [0.15, 0.2) is 11.5 Å². The molecule has 1 aromatic carbocycles. The first-order valence-corrected chi connectivity index (χ1v) is 9.59. The first-order valence-electron chi connectivity index (χ1n) is 7.74. The van der Waals surface area contributed by atoms with Crippen molar-refractivity contribution in [2.24, 2.45) is 5.92 Å². The fraction of sp³-hybridized carbons (Fsp3) is 0.375. The third-order valence-corrected chi connectivity index (χ3v) is 5.52. The molecule has 1 aromatic rings. The number of amides is 1. The second kappa shape index (κ2) is 7.16. The first-order chi connectivity index (χ1) is 12.2. The molecule has 2 aliphatic rings. The minimum absolute atomic E-state index is 0.0473. The number of halogens is 2. The van der Waals surface area contributed by atoms with E-state index in [2.05, 4.69) is 0 Å². The van der Waals surface area contributed by atoms with Crippen molar-refractivity contribution >= 4 is 43.1 Å². The third kappa shape index (κ3) is 3.32. The Labute approximate surface area is 160 Å². The predicted molar refractivity (Wildman–Crippen MR) is 93.9 cm³/mol. The number of allylic oxidation sites excluding steroid dienone is 1. The molecule has 0 spiro atoms. The highest BCUT2D eigenvalue weighted by atomic mass is 35.5. The SMILES string of the molecule is CC(=O)C1=C(O[P+](=O)Oc2ccc(Cl)cc2Cl)CC2[C@@H]([C@@H](C)O)C(=O)N12. The minimum atomic E-state index is -2.69. The fourth-order valence-electron chi connectivity index (χ4n) is 3.19. The maximum absolute atomic E-state index is 12.2. The van der Waals surface area contributed by atoms with Crippen molar-refractivity contribution in [3.63, 3.8) is 0 Å². The van der Waals surface area contributed by atoms with Crippen LogP contribution in [0.4, 0.5) is 0 Å². The van der Waals surface area contributed by atoms with E-state index in [0.717, 1.165) is 0 Å². The lowest BCUT2D eigenvalue weighted by Gasteiger charge is -2.44. The van der Waals surface area contributed by atoms with Gasteiger partial charge in [-0.1, -0.05) is 23.2 Å². The van der Waals surface area contributed by atoms with Gasteiger partial charge in [-0.3, -0.25) is 9.59 Å². The number of β-lactam (4-membered cyclic amide) rings is 1. The second-order valence-electron chi connectivity index (χ2n) is 6.05. The molecule has 3 rings (SSSR count). The van der Waals surface area contributed by atoms with Gasteiger partial charge in [-0.15, -0.1) is 0 Å². The number of nitrogens with zero attached hydrogens (tertiary/aromatic N) is 1. The fourth-order valence-corrected chi connectivity index (χ4v) is 4.39. The van der Waals surface area contributed by atoms with Crippen molar-refractivity contribution in [3.8, 4) is 5.75 Å². The Morgan fingerprint density at radius 1 is 1.38 bits per heavy atom. The van der Waals surface area contributed by atoms with Gasteiger partial charge in [-0.2, -0.15) is 0 Å². The molecule has 2 unspecified atom stereocenters. The molecular weight excluding hydrogens is 404 g/mol. The number of aliphatic hydroxyl groups excluding tert-OH is 1. The van der Waals surface area contributed by atoms with Crippen molar-refractivity contribution in [1.82, 2.24) is 4.90 Å². The summed E-state index contributed by atoms with van der Waals surface area (Å²) in [5.74, 6) is -1.15. The Hall–Kier alpha value is -1.66. The molecule has 1 N–H and O–H groups in total. The van der Waals surface area contributed by atoms with E-state index < -0.39 is 26.1 Å². The molecule has 2 heterocycles. The zero-order valence-electron chi connectivity index (χ0n) is 13.8. The molecule has 0 saturated carbocycles. The maximum Gasteiger partial charge on any atom is 0.805 e. The van der Waals surface area contributed by atoms with E-state index in [9.17, 15) is 19.3 Å². The minimum Gasteiger partial charge on any atom is -0.393 e. The van der Waals surface area contributed by atoms with Gasteiger partial charge >= 0.3 is 8.25 Å². The van der Waals surface area contributed by atoms with Crippen molar-refractivity contribution in [2.75, 3.05) is 0 Å².